The number of nitrogens with one attached hydrogen (secondary N) is 1. The van der Waals surface area contributed by atoms with Crippen molar-refractivity contribution >= 4 is 39.8 Å². The van der Waals surface area contributed by atoms with E-state index in [1.54, 1.807) is 11.1 Å². The quantitative estimate of drug-likeness (QED) is 0.684. The average Bonchev–Trinajstić information content (AvgIpc) is 3.39. The number of rotatable bonds is 4. The molecular weight excluding hydrogens is 440 g/mol. The molecule has 0 saturated carbocycles. The summed E-state index contributed by atoms with van der Waals surface area (Å²) in [7, 11) is 0. The minimum atomic E-state index is -0.495. The first-order chi connectivity index (χ1) is 14.8. The van der Waals surface area contributed by atoms with Crippen LogP contribution in [-0.2, 0) is 9.47 Å². The molecule has 0 aliphatic carbocycles. The molecule has 11 heteroatoms. The van der Waals surface area contributed by atoms with Crippen LogP contribution in [0.15, 0.2) is 12.3 Å². The molecule has 1 atom stereocenters. The molecule has 0 radical (unpaired) electrons. The normalized spacial score (nSPS) is 19.5. The van der Waals surface area contributed by atoms with E-state index in [0.29, 0.717) is 37.9 Å². The SMILES string of the molecule is CC(C)(C)OC(=O)N1CCN(c2nnc(-c3cnc(Cl)cc3N[C@H]3CCOC3)s2)CC1. The third-order valence-corrected chi connectivity index (χ3v) is 6.23. The lowest BCUT2D eigenvalue weighted by Crippen LogP contribution is -2.50. The van der Waals surface area contributed by atoms with Crippen molar-refractivity contribution in [2.24, 2.45) is 0 Å². The summed E-state index contributed by atoms with van der Waals surface area (Å²) in [5, 5.41) is 14.3. The molecule has 2 saturated heterocycles. The number of ether oxygens (including phenoxy) is 2. The summed E-state index contributed by atoms with van der Waals surface area (Å²) in [5.41, 5.74) is 1.26. The zero-order valence-corrected chi connectivity index (χ0v) is 19.5. The molecule has 9 nitrogen and oxygen atoms in total. The number of carbonyl (C=O) groups excluding carboxylic acids is 1. The lowest BCUT2D eigenvalue weighted by Gasteiger charge is -2.35. The van der Waals surface area contributed by atoms with Crippen LogP contribution in [0.4, 0.5) is 15.6 Å². The van der Waals surface area contributed by atoms with Crippen LogP contribution in [0.25, 0.3) is 10.6 Å². The van der Waals surface area contributed by atoms with Gasteiger partial charge in [0.1, 0.15) is 10.8 Å². The molecule has 31 heavy (non-hydrogen) atoms. The number of hydrogen-bond donors (Lipinski definition) is 1. The second kappa shape index (κ2) is 9.13. The van der Waals surface area contributed by atoms with Gasteiger partial charge in [-0.2, -0.15) is 0 Å². The van der Waals surface area contributed by atoms with E-state index in [-0.39, 0.29) is 12.1 Å². The van der Waals surface area contributed by atoms with Crippen LogP contribution < -0.4 is 10.2 Å². The number of pyridine rings is 1. The van der Waals surface area contributed by atoms with Crippen molar-refractivity contribution in [3.8, 4) is 10.6 Å². The molecule has 0 aromatic carbocycles. The minimum absolute atomic E-state index is 0.241. The highest BCUT2D eigenvalue weighted by Crippen LogP contribution is 2.35. The fourth-order valence-corrected chi connectivity index (χ4v) is 4.53. The van der Waals surface area contributed by atoms with E-state index in [1.165, 1.54) is 11.3 Å². The van der Waals surface area contributed by atoms with E-state index in [2.05, 4.69) is 25.4 Å². The molecular formula is C20H27ClN6O3S. The highest BCUT2D eigenvalue weighted by molar-refractivity contribution is 7.18. The maximum atomic E-state index is 12.3. The van der Waals surface area contributed by atoms with Gasteiger partial charge in [-0.15, -0.1) is 10.2 Å². The van der Waals surface area contributed by atoms with Crippen LogP contribution in [0.5, 0.6) is 0 Å². The summed E-state index contributed by atoms with van der Waals surface area (Å²) < 4.78 is 10.9. The van der Waals surface area contributed by atoms with Crippen LogP contribution in [0.1, 0.15) is 27.2 Å². The molecule has 1 amide bonds. The minimum Gasteiger partial charge on any atom is -0.444 e. The van der Waals surface area contributed by atoms with Gasteiger partial charge in [-0.05, 0) is 33.3 Å². The first-order valence-electron chi connectivity index (χ1n) is 10.3. The van der Waals surface area contributed by atoms with E-state index in [9.17, 15) is 4.79 Å². The van der Waals surface area contributed by atoms with Gasteiger partial charge in [-0.1, -0.05) is 22.9 Å². The summed E-state index contributed by atoms with van der Waals surface area (Å²) in [5.74, 6) is 0. The predicted octanol–water partition coefficient (Wildman–Crippen LogP) is 3.51. The third kappa shape index (κ3) is 5.55. The van der Waals surface area contributed by atoms with Crippen LogP contribution in [-0.4, -0.2) is 77.2 Å². The highest BCUT2D eigenvalue weighted by atomic mass is 35.5. The fourth-order valence-electron chi connectivity index (χ4n) is 3.45. The molecule has 4 heterocycles. The number of anilines is 2. The Balaban J connectivity index is 1.43. The van der Waals surface area contributed by atoms with Crippen LogP contribution >= 0.6 is 22.9 Å². The number of halogens is 1. The lowest BCUT2D eigenvalue weighted by atomic mass is 10.2. The largest absolute Gasteiger partial charge is 0.444 e. The van der Waals surface area contributed by atoms with Gasteiger partial charge in [0.25, 0.3) is 0 Å². The van der Waals surface area contributed by atoms with E-state index in [4.69, 9.17) is 21.1 Å². The van der Waals surface area contributed by atoms with Crippen molar-refractivity contribution in [2.45, 2.75) is 38.8 Å². The zero-order chi connectivity index (χ0) is 22.0. The van der Waals surface area contributed by atoms with Gasteiger partial charge < -0.3 is 24.6 Å². The summed E-state index contributed by atoms with van der Waals surface area (Å²) in [6.07, 6.45) is 2.40. The van der Waals surface area contributed by atoms with Crippen molar-refractivity contribution in [3.05, 3.63) is 17.4 Å². The van der Waals surface area contributed by atoms with Crippen molar-refractivity contribution in [2.75, 3.05) is 49.6 Å². The average molecular weight is 467 g/mol. The zero-order valence-electron chi connectivity index (χ0n) is 17.9. The lowest BCUT2D eigenvalue weighted by molar-refractivity contribution is 0.0240. The molecule has 2 aliphatic heterocycles. The van der Waals surface area contributed by atoms with Gasteiger partial charge in [0.05, 0.1) is 18.2 Å². The van der Waals surface area contributed by atoms with Gasteiger partial charge in [0.15, 0.2) is 5.01 Å². The number of carbonyl (C=O) groups is 1. The number of hydrogen-bond acceptors (Lipinski definition) is 9. The fraction of sp³-hybridized carbons (Fsp3) is 0.600. The first kappa shape index (κ1) is 22.0. The second-order valence-corrected chi connectivity index (χ2v) is 9.94. The van der Waals surface area contributed by atoms with Crippen LogP contribution in [0.3, 0.4) is 0 Å². The maximum Gasteiger partial charge on any atom is 0.410 e. The number of piperazine rings is 1. The third-order valence-electron chi connectivity index (χ3n) is 5.01. The van der Waals surface area contributed by atoms with E-state index < -0.39 is 5.60 Å². The molecule has 168 valence electrons. The van der Waals surface area contributed by atoms with Gasteiger partial charge in [-0.3, -0.25) is 0 Å². The van der Waals surface area contributed by atoms with Crippen LogP contribution in [0.2, 0.25) is 5.15 Å². The Bertz CT molecular complexity index is 920. The summed E-state index contributed by atoms with van der Waals surface area (Å²) in [6.45, 7) is 9.57. The Morgan fingerprint density at radius 3 is 2.74 bits per heavy atom. The molecule has 2 aromatic rings. The van der Waals surface area contributed by atoms with Gasteiger partial charge in [0.2, 0.25) is 5.13 Å². The van der Waals surface area contributed by atoms with Crippen molar-refractivity contribution in [3.63, 3.8) is 0 Å². The Morgan fingerprint density at radius 1 is 1.29 bits per heavy atom. The standard InChI is InChI=1S/C20H27ClN6O3S/c1-20(2,3)30-19(28)27-7-5-26(6-8-27)18-25-24-17(31-18)14-11-22-16(21)10-15(14)23-13-4-9-29-12-13/h10-11,13H,4-9,12H2,1-3H3,(H,22,23)/t13-/m0/s1. The summed E-state index contributed by atoms with van der Waals surface area (Å²) >= 11 is 7.64. The molecule has 2 aromatic heterocycles. The molecule has 2 aliphatic rings. The van der Waals surface area contributed by atoms with Gasteiger partial charge >= 0.3 is 6.09 Å². The predicted molar refractivity (Wildman–Crippen MR) is 121 cm³/mol. The second-order valence-electron chi connectivity index (χ2n) is 8.60. The Hall–Kier alpha value is -2.17. The highest BCUT2D eigenvalue weighted by Gasteiger charge is 2.27. The number of nitrogens with zero attached hydrogens (tertiary/aromatic N) is 5. The monoisotopic (exact) mass is 466 g/mol. The van der Waals surface area contributed by atoms with E-state index in [1.807, 2.05) is 26.8 Å². The van der Waals surface area contributed by atoms with Crippen LogP contribution in [0, 0.1) is 0 Å². The van der Waals surface area contributed by atoms with Gasteiger partial charge in [0, 0.05) is 44.7 Å². The number of amides is 1. The maximum absolute atomic E-state index is 12.3. The molecule has 4 rings (SSSR count). The Morgan fingerprint density at radius 2 is 2.06 bits per heavy atom. The van der Waals surface area contributed by atoms with E-state index in [0.717, 1.165) is 34.4 Å². The molecule has 2 fully saturated rings. The van der Waals surface area contributed by atoms with Crippen molar-refractivity contribution in [1.82, 2.24) is 20.1 Å². The smallest absolute Gasteiger partial charge is 0.410 e. The molecule has 1 N–H and O–H groups in total. The Labute approximate surface area is 190 Å². The molecule has 0 unspecified atom stereocenters. The first-order valence-corrected chi connectivity index (χ1v) is 11.5. The van der Waals surface area contributed by atoms with Crippen molar-refractivity contribution in [1.29, 1.82) is 0 Å². The Kier molecular flexibility index (Phi) is 6.49. The van der Waals surface area contributed by atoms with E-state index >= 15 is 0 Å². The topological polar surface area (TPSA) is 92.7 Å². The summed E-state index contributed by atoms with van der Waals surface area (Å²) in [6, 6.07) is 2.06. The molecule has 0 spiro atoms. The number of aromatic nitrogens is 3. The summed E-state index contributed by atoms with van der Waals surface area (Å²) in [4.78, 5) is 20.4. The molecule has 0 bridgehead atoms. The van der Waals surface area contributed by atoms with Gasteiger partial charge in [-0.25, -0.2) is 9.78 Å². The van der Waals surface area contributed by atoms with Crippen molar-refractivity contribution < 1.29 is 14.3 Å².